The molecule has 0 aliphatic heterocycles. The maximum atomic E-state index is 9.83. The molecule has 0 fully saturated rings. The second-order valence-electron chi connectivity index (χ2n) is 1.59. The molecule has 0 heterocycles. The molecule has 0 aromatic heterocycles. The Morgan fingerprint density at radius 1 is 1.67 bits per heavy atom. The Bertz CT molecular complexity index is 88.6. The van der Waals surface area contributed by atoms with E-state index in [1.54, 1.807) is 0 Å². The Kier molecular flexibility index (Phi) is 8.75. The average molecular weight is 142 g/mol. The predicted molar refractivity (Wildman–Crippen MR) is 36.4 cm³/mol. The molecular formula is C4H11N2NaO2. The summed E-state index contributed by atoms with van der Waals surface area (Å²) in [6, 6.07) is -0.396. The van der Waals surface area contributed by atoms with E-state index in [0.717, 1.165) is 0 Å². The minimum atomic E-state index is -0.900. The fourth-order valence-electron chi connectivity index (χ4n) is 0.308. The van der Waals surface area contributed by atoms with Crippen molar-refractivity contribution in [3.05, 3.63) is 0 Å². The number of carbonyl (C=O) groups is 1. The summed E-state index contributed by atoms with van der Waals surface area (Å²) in [5.41, 5.74) is 10.2. The zero-order valence-corrected chi connectivity index (χ0v) is 4.50. The number of carboxylic acid groups (broad SMARTS) is 1. The van der Waals surface area contributed by atoms with Gasteiger partial charge in [0, 0.05) is 12.6 Å². The van der Waals surface area contributed by atoms with E-state index >= 15 is 0 Å². The minimum absolute atomic E-state index is 0. The van der Waals surface area contributed by atoms with Crippen molar-refractivity contribution < 1.29 is 9.90 Å². The Balaban J connectivity index is 0. The normalized spacial score (nSPS) is 11.8. The van der Waals surface area contributed by atoms with Crippen LogP contribution in [-0.4, -0.2) is 53.2 Å². The van der Waals surface area contributed by atoms with Crippen molar-refractivity contribution in [1.82, 2.24) is 0 Å². The van der Waals surface area contributed by atoms with Gasteiger partial charge in [0.1, 0.15) is 0 Å². The standard InChI is InChI=1S/C4H10N2O2.Na.H/c5-2-3(6)1-4(7)8;;/h3H,1-2,5-6H2,(H,7,8);;. The summed E-state index contributed by atoms with van der Waals surface area (Å²) < 4.78 is 0. The molecule has 1 unspecified atom stereocenters. The molecule has 0 aromatic rings. The van der Waals surface area contributed by atoms with E-state index in [0.29, 0.717) is 0 Å². The molecule has 0 saturated carbocycles. The molecule has 50 valence electrons. The molecule has 0 rings (SSSR count). The summed E-state index contributed by atoms with van der Waals surface area (Å²) in [6.07, 6.45) is -0.0451. The van der Waals surface area contributed by atoms with Gasteiger partial charge < -0.3 is 16.6 Å². The topological polar surface area (TPSA) is 89.3 Å². The van der Waals surface area contributed by atoms with Crippen LogP contribution >= 0.6 is 0 Å². The van der Waals surface area contributed by atoms with Gasteiger partial charge in [-0.15, -0.1) is 0 Å². The van der Waals surface area contributed by atoms with Gasteiger partial charge in [0.2, 0.25) is 0 Å². The summed E-state index contributed by atoms with van der Waals surface area (Å²) in [5, 5.41) is 8.08. The third-order valence-electron chi connectivity index (χ3n) is 0.740. The van der Waals surface area contributed by atoms with Crippen LogP contribution in [0, 0.1) is 0 Å². The van der Waals surface area contributed by atoms with E-state index in [4.69, 9.17) is 16.6 Å². The first-order valence-corrected chi connectivity index (χ1v) is 2.34. The van der Waals surface area contributed by atoms with Gasteiger partial charge in [-0.25, -0.2) is 0 Å². The van der Waals surface area contributed by atoms with E-state index in [2.05, 4.69) is 0 Å². The van der Waals surface area contributed by atoms with Gasteiger partial charge in [-0.3, -0.25) is 4.79 Å². The number of rotatable bonds is 3. The first kappa shape index (κ1) is 12.1. The van der Waals surface area contributed by atoms with E-state index in [1.165, 1.54) is 0 Å². The van der Waals surface area contributed by atoms with Crippen LogP contribution in [0.3, 0.4) is 0 Å². The van der Waals surface area contributed by atoms with Crippen molar-refractivity contribution in [3.8, 4) is 0 Å². The summed E-state index contributed by atoms with van der Waals surface area (Å²) in [6.45, 7) is 0.228. The first-order valence-electron chi connectivity index (χ1n) is 2.34. The van der Waals surface area contributed by atoms with Crippen LogP contribution in [0.5, 0.6) is 0 Å². The van der Waals surface area contributed by atoms with E-state index in [-0.39, 0.29) is 42.5 Å². The summed E-state index contributed by atoms with van der Waals surface area (Å²) in [7, 11) is 0. The molecule has 0 amide bonds. The van der Waals surface area contributed by atoms with Gasteiger partial charge in [0.15, 0.2) is 0 Å². The van der Waals surface area contributed by atoms with E-state index in [1.807, 2.05) is 0 Å². The van der Waals surface area contributed by atoms with Crippen molar-refractivity contribution in [1.29, 1.82) is 0 Å². The van der Waals surface area contributed by atoms with Gasteiger partial charge in [0.25, 0.3) is 0 Å². The fourth-order valence-corrected chi connectivity index (χ4v) is 0.308. The zero-order chi connectivity index (χ0) is 6.57. The van der Waals surface area contributed by atoms with Crippen LogP contribution in [0.1, 0.15) is 6.42 Å². The number of nitrogens with two attached hydrogens (primary N) is 2. The average Bonchev–Trinajstić information content (AvgIpc) is 1.65. The van der Waals surface area contributed by atoms with Crippen molar-refractivity contribution in [2.24, 2.45) is 11.5 Å². The summed E-state index contributed by atoms with van der Waals surface area (Å²) in [4.78, 5) is 9.83. The van der Waals surface area contributed by atoms with Crippen LogP contribution < -0.4 is 11.5 Å². The van der Waals surface area contributed by atoms with E-state index in [9.17, 15) is 4.79 Å². The van der Waals surface area contributed by atoms with Gasteiger partial charge >= 0.3 is 35.5 Å². The Morgan fingerprint density at radius 3 is 2.22 bits per heavy atom. The van der Waals surface area contributed by atoms with Gasteiger partial charge in [-0.1, -0.05) is 0 Å². The Labute approximate surface area is 75.9 Å². The summed E-state index contributed by atoms with van der Waals surface area (Å²) in [5.74, 6) is -0.900. The zero-order valence-electron chi connectivity index (χ0n) is 4.50. The second kappa shape index (κ2) is 6.51. The Hall–Kier alpha value is 0.390. The number of hydrogen-bond acceptors (Lipinski definition) is 3. The molecule has 5 heteroatoms. The van der Waals surface area contributed by atoms with Crippen molar-refractivity contribution in [3.63, 3.8) is 0 Å². The molecule has 5 N–H and O–H groups in total. The molecule has 4 nitrogen and oxygen atoms in total. The van der Waals surface area contributed by atoms with Crippen molar-refractivity contribution in [2.75, 3.05) is 6.54 Å². The molecule has 0 saturated heterocycles. The fraction of sp³-hybridized carbons (Fsp3) is 0.750. The first-order chi connectivity index (χ1) is 3.66. The second-order valence-corrected chi connectivity index (χ2v) is 1.59. The molecule has 0 aliphatic carbocycles. The molecular weight excluding hydrogens is 131 g/mol. The number of carboxylic acids is 1. The van der Waals surface area contributed by atoms with Crippen LogP contribution in [0.2, 0.25) is 0 Å². The van der Waals surface area contributed by atoms with Gasteiger partial charge in [-0.2, -0.15) is 0 Å². The predicted octanol–water partition coefficient (Wildman–Crippen LogP) is -1.90. The number of hydrogen-bond donors (Lipinski definition) is 3. The monoisotopic (exact) mass is 142 g/mol. The van der Waals surface area contributed by atoms with Crippen LogP contribution in [0.15, 0.2) is 0 Å². The quantitative estimate of drug-likeness (QED) is 0.401. The van der Waals surface area contributed by atoms with Crippen LogP contribution in [-0.2, 0) is 4.79 Å². The molecule has 1 atom stereocenters. The molecule has 0 spiro atoms. The SMILES string of the molecule is NCC(N)CC(=O)O.[NaH]. The van der Waals surface area contributed by atoms with Crippen LogP contribution in [0.4, 0.5) is 0 Å². The maximum absolute atomic E-state index is 9.83. The van der Waals surface area contributed by atoms with Crippen molar-refractivity contribution in [2.45, 2.75) is 12.5 Å². The summed E-state index contributed by atoms with van der Waals surface area (Å²) >= 11 is 0. The van der Waals surface area contributed by atoms with Crippen LogP contribution in [0.25, 0.3) is 0 Å². The number of aliphatic carboxylic acids is 1. The van der Waals surface area contributed by atoms with E-state index < -0.39 is 12.0 Å². The third kappa shape index (κ3) is 8.39. The molecule has 0 aromatic carbocycles. The molecule has 0 radical (unpaired) electrons. The van der Waals surface area contributed by atoms with Gasteiger partial charge in [0.05, 0.1) is 6.42 Å². The third-order valence-corrected chi connectivity index (χ3v) is 0.740. The molecule has 0 aliphatic rings. The van der Waals surface area contributed by atoms with Crippen molar-refractivity contribution >= 4 is 35.5 Å². The Morgan fingerprint density at radius 2 is 2.11 bits per heavy atom. The molecule has 9 heavy (non-hydrogen) atoms. The molecule has 0 bridgehead atoms. The van der Waals surface area contributed by atoms with Gasteiger partial charge in [-0.05, 0) is 0 Å².